The number of rotatable bonds is 1. The molecule has 0 aromatic heterocycles. The highest BCUT2D eigenvalue weighted by molar-refractivity contribution is 14.1. The van der Waals surface area contributed by atoms with Crippen molar-refractivity contribution in [2.75, 3.05) is 19.8 Å². The van der Waals surface area contributed by atoms with E-state index in [1.807, 2.05) is 0 Å². The van der Waals surface area contributed by atoms with Crippen LogP contribution >= 0.6 is 22.6 Å². The second-order valence-electron chi connectivity index (χ2n) is 3.54. The number of hydrogen-bond donors (Lipinski definition) is 1. The van der Waals surface area contributed by atoms with Gasteiger partial charge < -0.3 is 10.1 Å². The van der Waals surface area contributed by atoms with Crippen molar-refractivity contribution in [2.45, 2.75) is 13.0 Å². The number of benzene rings is 1. The van der Waals surface area contributed by atoms with Gasteiger partial charge in [0.2, 0.25) is 0 Å². The topological polar surface area (TPSA) is 21.3 Å². The molecule has 0 aliphatic carbocycles. The zero-order chi connectivity index (χ0) is 9.97. The summed E-state index contributed by atoms with van der Waals surface area (Å²) in [5.74, 6) is 0. The first-order chi connectivity index (χ1) is 6.79. The zero-order valence-corrected chi connectivity index (χ0v) is 10.4. The second-order valence-corrected chi connectivity index (χ2v) is 4.70. The van der Waals surface area contributed by atoms with Crippen molar-refractivity contribution in [2.24, 2.45) is 0 Å². The molecule has 1 aliphatic rings. The Bertz CT molecular complexity index is 321. The maximum atomic E-state index is 5.47. The van der Waals surface area contributed by atoms with Gasteiger partial charge in [0.1, 0.15) is 0 Å². The molecule has 1 aromatic carbocycles. The van der Waals surface area contributed by atoms with Crippen molar-refractivity contribution in [3.63, 3.8) is 0 Å². The van der Waals surface area contributed by atoms with Crippen LogP contribution in [0.1, 0.15) is 17.2 Å². The smallest absolute Gasteiger partial charge is 0.0662 e. The minimum atomic E-state index is 0.374. The normalized spacial score (nSPS) is 22.3. The number of morpholine rings is 1. The standard InChI is InChI=1S/C11H14INO/c1-8-9(3-2-4-10(8)12)11-7-14-6-5-13-11/h2-4,11,13H,5-7H2,1H3/t11-/m0/s1. The lowest BCUT2D eigenvalue weighted by atomic mass is 10.0. The Kier molecular flexibility index (Phi) is 3.41. The molecular weight excluding hydrogens is 289 g/mol. The molecule has 0 amide bonds. The van der Waals surface area contributed by atoms with Crippen LogP contribution in [0.3, 0.4) is 0 Å². The lowest BCUT2D eigenvalue weighted by molar-refractivity contribution is 0.0767. The molecule has 1 N–H and O–H groups in total. The van der Waals surface area contributed by atoms with Crippen LogP contribution in [0, 0.1) is 10.5 Å². The second kappa shape index (κ2) is 4.59. The highest BCUT2D eigenvalue weighted by atomic mass is 127. The highest BCUT2D eigenvalue weighted by Gasteiger charge is 2.17. The van der Waals surface area contributed by atoms with E-state index < -0.39 is 0 Å². The fourth-order valence-electron chi connectivity index (χ4n) is 1.77. The van der Waals surface area contributed by atoms with E-state index in [1.54, 1.807) is 0 Å². The third-order valence-electron chi connectivity index (χ3n) is 2.61. The molecule has 0 saturated carbocycles. The molecule has 1 aliphatic heterocycles. The number of halogens is 1. The zero-order valence-electron chi connectivity index (χ0n) is 8.22. The molecule has 76 valence electrons. The SMILES string of the molecule is Cc1c(I)cccc1[C@@H]1COCCN1. The molecule has 1 fully saturated rings. The lowest BCUT2D eigenvalue weighted by Crippen LogP contribution is -2.35. The van der Waals surface area contributed by atoms with Gasteiger partial charge >= 0.3 is 0 Å². The van der Waals surface area contributed by atoms with Crippen molar-refractivity contribution in [3.8, 4) is 0 Å². The molecule has 3 heteroatoms. The summed E-state index contributed by atoms with van der Waals surface area (Å²) in [4.78, 5) is 0. The summed E-state index contributed by atoms with van der Waals surface area (Å²) < 4.78 is 6.79. The lowest BCUT2D eigenvalue weighted by Gasteiger charge is -2.25. The fourth-order valence-corrected chi connectivity index (χ4v) is 2.29. The molecule has 1 atom stereocenters. The van der Waals surface area contributed by atoms with Crippen molar-refractivity contribution in [3.05, 3.63) is 32.9 Å². The van der Waals surface area contributed by atoms with Gasteiger partial charge in [-0.25, -0.2) is 0 Å². The van der Waals surface area contributed by atoms with Crippen LogP contribution in [0.5, 0.6) is 0 Å². The Balaban J connectivity index is 2.26. The number of nitrogens with one attached hydrogen (secondary N) is 1. The first-order valence-corrected chi connectivity index (χ1v) is 5.93. The Morgan fingerprint density at radius 3 is 3.07 bits per heavy atom. The van der Waals surface area contributed by atoms with E-state index in [0.29, 0.717) is 6.04 Å². The fraction of sp³-hybridized carbons (Fsp3) is 0.455. The van der Waals surface area contributed by atoms with E-state index in [9.17, 15) is 0 Å². The average molecular weight is 303 g/mol. The van der Waals surface area contributed by atoms with E-state index >= 15 is 0 Å². The molecule has 0 bridgehead atoms. The van der Waals surface area contributed by atoms with E-state index in [-0.39, 0.29) is 0 Å². The summed E-state index contributed by atoms with van der Waals surface area (Å²) in [6.07, 6.45) is 0. The predicted octanol–water partition coefficient (Wildman–Crippen LogP) is 2.26. The Hall–Kier alpha value is -0.130. The summed E-state index contributed by atoms with van der Waals surface area (Å²) in [5.41, 5.74) is 2.74. The summed E-state index contributed by atoms with van der Waals surface area (Å²) in [5, 5.41) is 3.48. The third-order valence-corrected chi connectivity index (χ3v) is 3.78. The van der Waals surface area contributed by atoms with Gasteiger partial charge in [0.05, 0.1) is 19.3 Å². The quantitative estimate of drug-likeness (QED) is 0.804. The van der Waals surface area contributed by atoms with Gasteiger partial charge in [-0.3, -0.25) is 0 Å². The summed E-state index contributed by atoms with van der Waals surface area (Å²) in [6, 6.07) is 6.81. The van der Waals surface area contributed by atoms with Crippen molar-refractivity contribution in [1.82, 2.24) is 5.32 Å². The van der Waals surface area contributed by atoms with Crippen molar-refractivity contribution in [1.29, 1.82) is 0 Å². The van der Waals surface area contributed by atoms with Crippen LogP contribution in [-0.4, -0.2) is 19.8 Å². The van der Waals surface area contributed by atoms with E-state index in [2.05, 4.69) is 53.0 Å². The van der Waals surface area contributed by atoms with Crippen LogP contribution in [0.25, 0.3) is 0 Å². The minimum absolute atomic E-state index is 0.374. The van der Waals surface area contributed by atoms with Gasteiger partial charge in [-0.05, 0) is 46.7 Å². The average Bonchev–Trinajstić information content (AvgIpc) is 2.23. The molecule has 0 spiro atoms. The molecule has 1 heterocycles. The molecule has 1 aromatic rings. The van der Waals surface area contributed by atoms with Crippen LogP contribution in [0.4, 0.5) is 0 Å². The van der Waals surface area contributed by atoms with Crippen molar-refractivity contribution < 1.29 is 4.74 Å². The molecular formula is C11H14INO. The largest absolute Gasteiger partial charge is 0.378 e. The molecule has 2 rings (SSSR count). The predicted molar refractivity (Wildman–Crippen MR) is 65.5 cm³/mol. The van der Waals surface area contributed by atoms with Gasteiger partial charge in [-0.15, -0.1) is 0 Å². The maximum Gasteiger partial charge on any atom is 0.0662 e. The molecule has 1 saturated heterocycles. The monoisotopic (exact) mass is 303 g/mol. The molecule has 0 radical (unpaired) electrons. The van der Waals surface area contributed by atoms with Crippen LogP contribution in [0.2, 0.25) is 0 Å². The summed E-state index contributed by atoms with van der Waals surface area (Å²) >= 11 is 2.38. The summed E-state index contributed by atoms with van der Waals surface area (Å²) in [7, 11) is 0. The first-order valence-electron chi connectivity index (χ1n) is 4.85. The van der Waals surface area contributed by atoms with Gasteiger partial charge in [0.25, 0.3) is 0 Å². The Labute approximate surface area is 98.2 Å². The number of ether oxygens (including phenoxy) is 1. The van der Waals surface area contributed by atoms with E-state index in [0.717, 1.165) is 19.8 Å². The van der Waals surface area contributed by atoms with Crippen LogP contribution in [0.15, 0.2) is 18.2 Å². The van der Waals surface area contributed by atoms with Crippen molar-refractivity contribution >= 4 is 22.6 Å². The molecule has 14 heavy (non-hydrogen) atoms. The Morgan fingerprint density at radius 1 is 1.50 bits per heavy atom. The Morgan fingerprint density at radius 2 is 2.36 bits per heavy atom. The highest BCUT2D eigenvalue weighted by Crippen LogP contribution is 2.23. The van der Waals surface area contributed by atoms with Crippen LogP contribution in [-0.2, 0) is 4.74 Å². The number of hydrogen-bond acceptors (Lipinski definition) is 2. The van der Waals surface area contributed by atoms with E-state index in [1.165, 1.54) is 14.7 Å². The third kappa shape index (κ3) is 2.10. The van der Waals surface area contributed by atoms with Gasteiger partial charge in [0.15, 0.2) is 0 Å². The van der Waals surface area contributed by atoms with E-state index in [4.69, 9.17) is 4.74 Å². The molecule has 0 unspecified atom stereocenters. The maximum absolute atomic E-state index is 5.47. The van der Waals surface area contributed by atoms with Crippen LogP contribution < -0.4 is 5.32 Å². The van der Waals surface area contributed by atoms with Gasteiger partial charge in [-0.1, -0.05) is 12.1 Å². The minimum Gasteiger partial charge on any atom is -0.378 e. The first kappa shape index (κ1) is 10.4. The van der Waals surface area contributed by atoms with Gasteiger partial charge in [0, 0.05) is 10.1 Å². The summed E-state index contributed by atoms with van der Waals surface area (Å²) in [6.45, 7) is 4.75. The van der Waals surface area contributed by atoms with Gasteiger partial charge in [-0.2, -0.15) is 0 Å². The molecule has 2 nitrogen and oxygen atoms in total.